The molecule has 15 heteroatoms. The van der Waals surface area contributed by atoms with E-state index >= 15 is 0 Å². The van der Waals surface area contributed by atoms with E-state index in [2.05, 4.69) is 15.0 Å². The Morgan fingerprint density at radius 3 is 2.38 bits per heavy atom. The van der Waals surface area contributed by atoms with E-state index in [1.165, 1.54) is 34.6 Å². The van der Waals surface area contributed by atoms with E-state index in [9.17, 15) is 39.6 Å². The van der Waals surface area contributed by atoms with Gasteiger partial charge in [-0.05, 0) is 97.2 Å². The largest absolute Gasteiger partial charge is 0.435 e. The second kappa shape index (κ2) is 11.7. The van der Waals surface area contributed by atoms with Crippen LogP contribution in [0.25, 0.3) is 0 Å². The van der Waals surface area contributed by atoms with Crippen LogP contribution in [0.5, 0.6) is 5.75 Å². The van der Waals surface area contributed by atoms with Crippen molar-refractivity contribution in [1.29, 1.82) is 0 Å². The van der Waals surface area contributed by atoms with Gasteiger partial charge in [-0.3, -0.25) is 14.1 Å². The average molecular weight is 672 g/mol. The maximum absolute atomic E-state index is 14.3. The fourth-order valence-electron chi connectivity index (χ4n) is 6.36. The molecule has 3 heterocycles. The van der Waals surface area contributed by atoms with Gasteiger partial charge in [-0.1, -0.05) is 0 Å². The number of alkyl halides is 5. The van der Waals surface area contributed by atoms with Crippen molar-refractivity contribution in [3.8, 4) is 5.75 Å². The minimum absolute atomic E-state index is 0.0858. The highest BCUT2D eigenvalue weighted by Gasteiger charge is 2.59. The zero-order valence-corrected chi connectivity index (χ0v) is 25.1. The van der Waals surface area contributed by atoms with Gasteiger partial charge in [0.25, 0.3) is 15.9 Å². The lowest BCUT2D eigenvalue weighted by Crippen LogP contribution is -2.50. The Morgan fingerprint density at radius 1 is 1.09 bits per heavy atom. The van der Waals surface area contributed by atoms with Crippen molar-refractivity contribution in [2.45, 2.75) is 61.4 Å². The number of aromatic nitrogens is 1. The van der Waals surface area contributed by atoms with Gasteiger partial charge in [0, 0.05) is 17.2 Å². The molecule has 1 unspecified atom stereocenters. The molecule has 1 aliphatic carbocycles. The molecule has 45 heavy (non-hydrogen) atoms. The van der Waals surface area contributed by atoms with Crippen LogP contribution in [0.1, 0.15) is 52.9 Å². The number of halogens is 6. The lowest BCUT2D eigenvalue weighted by Gasteiger charge is -2.41. The Hall–Kier alpha value is -3.46. The van der Waals surface area contributed by atoms with E-state index in [-0.39, 0.29) is 27.8 Å². The lowest BCUT2D eigenvalue weighted by atomic mass is 9.70. The number of amides is 1. The molecular formula is C30H27F6N3O4S2. The summed E-state index contributed by atoms with van der Waals surface area (Å²) < 4.78 is 113. The van der Waals surface area contributed by atoms with Crippen LogP contribution in [0.15, 0.2) is 59.6 Å². The first-order valence-corrected chi connectivity index (χ1v) is 16.7. The van der Waals surface area contributed by atoms with Gasteiger partial charge in [0.15, 0.2) is 0 Å². The van der Waals surface area contributed by atoms with Gasteiger partial charge >= 0.3 is 12.8 Å². The van der Waals surface area contributed by atoms with Crippen molar-refractivity contribution in [2.24, 2.45) is 5.92 Å². The van der Waals surface area contributed by atoms with Crippen LogP contribution in [-0.2, 0) is 28.2 Å². The number of benzene rings is 2. The highest BCUT2D eigenvalue weighted by molar-refractivity contribution is 7.99. The summed E-state index contributed by atoms with van der Waals surface area (Å²) in [6, 6.07) is 9.39. The fraction of sp³-hybridized carbons (Fsp3) is 0.400. The fourth-order valence-corrected chi connectivity index (χ4v) is 9.38. The molecular weight excluding hydrogens is 644 g/mol. The lowest BCUT2D eigenvalue weighted by molar-refractivity contribution is -0.138. The molecule has 6 rings (SSSR count). The first-order valence-electron chi connectivity index (χ1n) is 14.1. The van der Waals surface area contributed by atoms with Crippen molar-refractivity contribution in [2.75, 3.05) is 15.8 Å². The maximum Gasteiger partial charge on any atom is 0.417 e. The molecule has 1 amide bonds. The molecule has 1 saturated heterocycles. The molecule has 3 aromatic rings. The van der Waals surface area contributed by atoms with Crippen LogP contribution >= 0.6 is 11.8 Å². The van der Waals surface area contributed by atoms with Crippen molar-refractivity contribution in [3.05, 3.63) is 82.9 Å². The van der Waals surface area contributed by atoms with Crippen molar-refractivity contribution >= 4 is 33.4 Å². The highest BCUT2D eigenvalue weighted by atomic mass is 32.2. The molecule has 1 saturated carbocycles. The monoisotopic (exact) mass is 671 g/mol. The van der Waals surface area contributed by atoms with Crippen LogP contribution in [0.2, 0.25) is 0 Å². The quantitative estimate of drug-likeness (QED) is 0.275. The Morgan fingerprint density at radius 2 is 1.78 bits per heavy atom. The van der Waals surface area contributed by atoms with E-state index in [0.717, 1.165) is 24.3 Å². The SMILES string of the molecule is O=C(NCc1ncc(C(F)(F)F)cc1F)c1ccc2c(c1)C1(CCSCC1)C(C1CC1)N2S(=O)(=O)c1ccc(OC(F)F)cc1. The number of fused-ring (bicyclic) bond motifs is 2. The van der Waals surface area contributed by atoms with Crippen molar-refractivity contribution in [1.82, 2.24) is 10.3 Å². The molecule has 240 valence electrons. The number of nitrogens with one attached hydrogen (secondary N) is 1. The van der Waals surface area contributed by atoms with E-state index < -0.39 is 58.1 Å². The van der Waals surface area contributed by atoms with E-state index in [1.807, 2.05) is 0 Å². The second-order valence-electron chi connectivity index (χ2n) is 11.3. The van der Waals surface area contributed by atoms with Crippen LogP contribution in [-0.4, -0.2) is 43.5 Å². The number of carbonyl (C=O) groups excluding carboxylic acids is 1. The van der Waals surface area contributed by atoms with Gasteiger partial charge in [-0.2, -0.15) is 33.7 Å². The molecule has 7 nitrogen and oxygen atoms in total. The summed E-state index contributed by atoms with van der Waals surface area (Å²) in [6.07, 6.45) is -1.26. The summed E-state index contributed by atoms with van der Waals surface area (Å²) in [5.74, 6) is -0.357. The van der Waals surface area contributed by atoms with Gasteiger partial charge in [0.2, 0.25) is 0 Å². The molecule has 1 aromatic heterocycles. The van der Waals surface area contributed by atoms with Crippen LogP contribution in [0.3, 0.4) is 0 Å². The molecule has 0 bridgehead atoms. The summed E-state index contributed by atoms with van der Waals surface area (Å²) >= 11 is 1.76. The smallest absolute Gasteiger partial charge is 0.417 e. The molecule has 1 spiro atoms. The van der Waals surface area contributed by atoms with Crippen molar-refractivity contribution in [3.63, 3.8) is 0 Å². The van der Waals surface area contributed by atoms with Crippen molar-refractivity contribution < 1.29 is 44.3 Å². The minimum Gasteiger partial charge on any atom is -0.435 e. The van der Waals surface area contributed by atoms with E-state index in [4.69, 9.17) is 0 Å². The first-order chi connectivity index (χ1) is 21.3. The third-order valence-corrected chi connectivity index (χ3v) is 11.4. The van der Waals surface area contributed by atoms with Gasteiger partial charge in [0.05, 0.1) is 34.4 Å². The maximum atomic E-state index is 14.3. The second-order valence-corrected chi connectivity index (χ2v) is 14.3. The summed E-state index contributed by atoms with van der Waals surface area (Å²) in [4.78, 5) is 16.7. The Bertz CT molecular complexity index is 1710. The molecule has 2 fully saturated rings. The third-order valence-electron chi connectivity index (χ3n) is 8.57. The third kappa shape index (κ3) is 5.96. The Labute approximate surface area is 259 Å². The summed E-state index contributed by atoms with van der Waals surface area (Å²) in [6.45, 7) is -3.52. The first kappa shape index (κ1) is 31.5. The molecule has 2 aliphatic heterocycles. The summed E-state index contributed by atoms with van der Waals surface area (Å²) in [5, 5.41) is 2.51. The van der Waals surface area contributed by atoms with Crippen LogP contribution < -0.4 is 14.4 Å². The Balaban J connectivity index is 1.33. The summed E-state index contributed by atoms with van der Waals surface area (Å²) in [5.41, 5.74) is -0.876. The highest BCUT2D eigenvalue weighted by Crippen LogP contribution is 2.59. The predicted molar refractivity (Wildman–Crippen MR) is 154 cm³/mol. The topological polar surface area (TPSA) is 88.6 Å². The van der Waals surface area contributed by atoms with Gasteiger partial charge in [0.1, 0.15) is 11.6 Å². The average Bonchev–Trinajstić information content (AvgIpc) is 3.80. The van der Waals surface area contributed by atoms with E-state index in [0.29, 0.717) is 36.4 Å². The minimum atomic E-state index is -4.76. The number of hydrogen-bond donors (Lipinski definition) is 1. The number of rotatable bonds is 8. The molecule has 3 aliphatic rings. The molecule has 2 aromatic carbocycles. The summed E-state index contributed by atoms with van der Waals surface area (Å²) in [7, 11) is -4.17. The van der Waals surface area contributed by atoms with Gasteiger partial charge in [-0.25, -0.2) is 12.8 Å². The van der Waals surface area contributed by atoms with E-state index in [1.54, 1.807) is 23.9 Å². The number of pyridine rings is 1. The normalized spacial score (nSPS) is 19.5. The zero-order chi connectivity index (χ0) is 32.1. The zero-order valence-electron chi connectivity index (χ0n) is 23.5. The number of thioether (sulfide) groups is 1. The number of hydrogen-bond acceptors (Lipinski definition) is 6. The number of sulfonamides is 1. The number of anilines is 1. The molecule has 1 N–H and O–H groups in total. The van der Waals surface area contributed by atoms with Gasteiger partial charge in [-0.15, -0.1) is 0 Å². The number of nitrogens with zero attached hydrogens (tertiary/aromatic N) is 2. The molecule has 0 radical (unpaired) electrons. The Kier molecular flexibility index (Phi) is 8.21. The number of ether oxygens (including phenoxy) is 1. The molecule has 1 atom stereocenters. The van der Waals surface area contributed by atoms with Gasteiger partial charge < -0.3 is 10.1 Å². The predicted octanol–water partition coefficient (Wildman–Crippen LogP) is 6.52. The van der Waals surface area contributed by atoms with Crippen LogP contribution in [0, 0.1) is 11.7 Å². The standard InChI is InChI=1S/C30H27F6N3O4S2/c31-23-14-19(30(34,35)36)15-37-24(23)16-38-27(40)18-3-8-25-22(13-18)29(9-11-44-12-10-29)26(17-1-2-17)39(25)45(41,42)21-6-4-20(5-7-21)43-28(32)33/h3-8,13-15,17,26,28H,1-2,9-12,16H2,(H,38,40). The van der Waals surface area contributed by atoms with Crippen LogP contribution in [0.4, 0.5) is 32.0 Å². The number of carbonyl (C=O) groups is 1.